The lowest BCUT2D eigenvalue weighted by Crippen LogP contribution is -2.22. The number of rotatable bonds is 4. The van der Waals surface area contributed by atoms with Crippen LogP contribution in [0.15, 0.2) is 48.5 Å². The van der Waals surface area contributed by atoms with Crippen molar-refractivity contribution in [2.75, 3.05) is 17.7 Å². The highest BCUT2D eigenvalue weighted by atomic mass is 32.1. The van der Waals surface area contributed by atoms with Crippen molar-refractivity contribution in [1.29, 1.82) is 0 Å². The number of benzene rings is 2. The van der Waals surface area contributed by atoms with Crippen molar-refractivity contribution in [3.8, 4) is 11.5 Å². The number of anilines is 2. The second-order valence-corrected chi connectivity index (χ2v) is 7.88. The first kappa shape index (κ1) is 19.0. The predicted molar refractivity (Wildman–Crippen MR) is 113 cm³/mol. The molecule has 0 aliphatic carbocycles. The molecular weight excluding hydrogens is 388 g/mol. The normalized spacial score (nSPS) is 15.4. The van der Waals surface area contributed by atoms with Gasteiger partial charge in [0.05, 0.1) is 17.0 Å². The van der Waals surface area contributed by atoms with Gasteiger partial charge in [-0.1, -0.05) is 24.3 Å². The molecule has 29 heavy (non-hydrogen) atoms. The summed E-state index contributed by atoms with van der Waals surface area (Å²) in [4.78, 5) is 25.7. The van der Waals surface area contributed by atoms with Crippen molar-refractivity contribution in [3.63, 3.8) is 0 Å². The Bertz CT molecular complexity index is 1090. The number of fused-ring (bicyclic) bond motifs is 1. The second-order valence-electron chi connectivity index (χ2n) is 6.86. The molecule has 1 aliphatic rings. The molecule has 2 aromatic carbocycles. The van der Waals surface area contributed by atoms with Crippen LogP contribution in [0.3, 0.4) is 0 Å². The quantitative estimate of drug-likeness (QED) is 0.593. The van der Waals surface area contributed by atoms with Crippen LogP contribution < -0.4 is 15.4 Å². The van der Waals surface area contributed by atoms with Gasteiger partial charge in [-0.05, 0) is 47.9 Å². The number of carbonyl (C=O) groups is 2. The Hall–Kier alpha value is -3.32. The maximum atomic E-state index is 12.9. The summed E-state index contributed by atoms with van der Waals surface area (Å²) < 4.78 is 5.22. The van der Waals surface area contributed by atoms with Crippen LogP contribution >= 0.6 is 11.3 Å². The summed E-state index contributed by atoms with van der Waals surface area (Å²) >= 11 is 1.28. The van der Waals surface area contributed by atoms with E-state index < -0.39 is 0 Å². The van der Waals surface area contributed by atoms with E-state index in [1.807, 2.05) is 37.3 Å². The molecular formula is C22H20N2O4S. The molecule has 7 heteroatoms. The molecule has 1 atom stereocenters. The number of hydrogen-bond donors (Lipinski definition) is 3. The minimum absolute atomic E-state index is 0.0432. The van der Waals surface area contributed by atoms with Gasteiger partial charge in [0, 0.05) is 18.0 Å². The highest BCUT2D eigenvalue weighted by Crippen LogP contribution is 2.46. The number of thiophene rings is 1. The zero-order valence-corrected chi connectivity index (χ0v) is 16.8. The van der Waals surface area contributed by atoms with E-state index in [9.17, 15) is 14.7 Å². The number of phenols is 1. The first-order chi connectivity index (χ1) is 14.0. The van der Waals surface area contributed by atoms with Gasteiger partial charge in [-0.25, -0.2) is 0 Å². The number of aromatic hydroxyl groups is 1. The highest BCUT2D eigenvalue weighted by Gasteiger charge is 2.33. The van der Waals surface area contributed by atoms with Crippen LogP contribution in [0.4, 0.5) is 10.7 Å². The van der Waals surface area contributed by atoms with Gasteiger partial charge in [0.25, 0.3) is 5.91 Å². The third-order valence-corrected chi connectivity index (χ3v) is 6.25. The lowest BCUT2D eigenvalue weighted by molar-refractivity contribution is -0.116. The summed E-state index contributed by atoms with van der Waals surface area (Å²) in [5.41, 5.74) is 3.34. The Morgan fingerprint density at radius 1 is 1.24 bits per heavy atom. The van der Waals surface area contributed by atoms with Crippen LogP contribution in [0.25, 0.3) is 0 Å². The standard InChI is InChI=1S/C22H20N2O4S/c1-12-19-15(13-8-9-16(25)17(10-13)28-2)11-18(26)24-22(19)29-20(12)21(27)23-14-6-4-3-5-7-14/h3-10,15,25H,11H2,1-2H3,(H,23,27)(H,24,26)/t15-/m0/s1. The average molecular weight is 408 g/mol. The smallest absolute Gasteiger partial charge is 0.266 e. The molecule has 0 bridgehead atoms. The molecule has 0 saturated heterocycles. The fourth-order valence-electron chi connectivity index (χ4n) is 3.63. The molecule has 0 fully saturated rings. The maximum Gasteiger partial charge on any atom is 0.266 e. The Balaban J connectivity index is 1.73. The lowest BCUT2D eigenvalue weighted by Gasteiger charge is -2.24. The fraction of sp³-hybridized carbons (Fsp3) is 0.182. The Labute approximate surface area is 172 Å². The van der Waals surface area contributed by atoms with Gasteiger partial charge in [-0.2, -0.15) is 0 Å². The molecule has 0 saturated carbocycles. The van der Waals surface area contributed by atoms with Gasteiger partial charge in [0.15, 0.2) is 11.5 Å². The predicted octanol–water partition coefficient (Wildman–Crippen LogP) is 4.50. The summed E-state index contributed by atoms with van der Waals surface area (Å²) in [5, 5.41) is 16.4. The number of phenolic OH excluding ortho intramolecular Hbond substituents is 1. The van der Waals surface area contributed by atoms with E-state index in [0.717, 1.165) is 16.7 Å². The van der Waals surface area contributed by atoms with E-state index in [4.69, 9.17) is 4.74 Å². The largest absolute Gasteiger partial charge is 0.504 e. The summed E-state index contributed by atoms with van der Waals surface area (Å²) in [6, 6.07) is 14.3. The van der Waals surface area contributed by atoms with E-state index in [0.29, 0.717) is 21.3 Å². The number of amides is 2. The first-order valence-electron chi connectivity index (χ1n) is 9.14. The van der Waals surface area contributed by atoms with Crippen LogP contribution in [-0.2, 0) is 4.79 Å². The van der Waals surface area contributed by atoms with E-state index in [2.05, 4.69) is 10.6 Å². The number of para-hydroxylation sites is 1. The molecule has 4 rings (SSSR count). The van der Waals surface area contributed by atoms with Crippen LogP contribution in [-0.4, -0.2) is 24.0 Å². The SMILES string of the molecule is COc1cc([C@@H]2CC(=O)Nc3sc(C(=O)Nc4ccccc4)c(C)c32)ccc1O. The number of methoxy groups -OCH3 is 1. The van der Waals surface area contributed by atoms with Crippen molar-refractivity contribution in [3.05, 3.63) is 70.1 Å². The molecule has 0 unspecified atom stereocenters. The molecule has 2 heterocycles. The maximum absolute atomic E-state index is 12.9. The molecule has 0 radical (unpaired) electrons. The summed E-state index contributed by atoms with van der Waals surface area (Å²) in [5.74, 6) is -0.135. The molecule has 148 valence electrons. The molecule has 1 aliphatic heterocycles. The third-order valence-electron chi connectivity index (χ3n) is 5.03. The van der Waals surface area contributed by atoms with Gasteiger partial charge in [-0.15, -0.1) is 11.3 Å². The number of ether oxygens (including phenoxy) is 1. The Kier molecular flexibility index (Phi) is 4.98. The fourth-order valence-corrected chi connectivity index (χ4v) is 4.81. The van der Waals surface area contributed by atoms with Crippen molar-refractivity contribution in [2.24, 2.45) is 0 Å². The molecule has 2 amide bonds. The van der Waals surface area contributed by atoms with Gasteiger partial charge in [0.1, 0.15) is 0 Å². The third kappa shape index (κ3) is 3.56. The first-order valence-corrected chi connectivity index (χ1v) is 9.96. The van der Waals surface area contributed by atoms with Crippen molar-refractivity contribution >= 4 is 33.8 Å². The summed E-state index contributed by atoms with van der Waals surface area (Å²) in [6.45, 7) is 1.90. The van der Waals surface area contributed by atoms with E-state index in [-0.39, 0.29) is 29.9 Å². The van der Waals surface area contributed by atoms with Crippen molar-refractivity contribution in [2.45, 2.75) is 19.3 Å². The summed E-state index contributed by atoms with van der Waals surface area (Å²) in [7, 11) is 1.49. The molecule has 3 N–H and O–H groups in total. The van der Waals surface area contributed by atoms with Crippen LogP contribution in [0.5, 0.6) is 11.5 Å². The zero-order chi connectivity index (χ0) is 20.5. The lowest BCUT2D eigenvalue weighted by atomic mass is 9.84. The molecule has 3 aromatic rings. The highest BCUT2D eigenvalue weighted by molar-refractivity contribution is 7.18. The van der Waals surface area contributed by atoms with Crippen LogP contribution in [0.1, 0.15) is 38.7 Å². The molecule has 1 aromatic heterocycles. The van der Waals surface area contributed by atoms with Crippen LogP contribution in [0.2, 0.25) is 0 Å². The monoisotopic (exact) mass is 408 g/mol. The second kappa shape index (κ2) is 7.60. The number of nitrogens with one attached hydrogen (secondary N) is 2. The number of hydrogen-bond acceptors (Lipinski definition) is 5. The number of carbonyl (C=O) groups excluding carboxylic acids is 2. The van der Waals surface area contributed by atoms with Crippen molar-refractivity contribution in [1.82, 2.24) is 0 Å². The van der Waals surface area contributed by atoms with E-state index in [1.54, 1.807) is 18.2 Å². The Morgan fingerprint density at radius 3 is 2.72 bits per heavy atom. The van der Waals surface area contributed by atoms with E-state index >= 15 is 0 Å². The average Bonchev–Trinajstić information content (AvgIpc) is 3.05. The van der Waals surface area contributed by atoms with Crippen LogP contribution in [0, 0.1) is 6.92 Å². The van der Waals surface area contributed by atoms with Crippen molar-refractivity contribution < 1.29 is 19.4 Å². The molecule has 6 nitrogen and oxygen atoms in total. The van der Waals surface area contributed by atoms with Gasteiger partial charge < -0.3 is 20.5 Å². The summed E-state index contributed by atoms with van der Waals surface area (Å²) in [6.07, 6.45) is 0.262. The van der Waals surface area contributed by atoms with E-state index in [1.165, 1.54) is 18.4 Å². The van der Waals surface area contributed by atoms with Gasteiger partial charge in [-0.3, -0.25) is 9.59 Å². The Morgan fingerprint density at radius 2 is 2.00 bits per heavy atom. The van der Waals surface area contributed by atoms with Gasteiger partial charge in [0.2, 0.25) is 5.91 Å². The molecule has 0 spiro atoms. The zero-order valence-electron chi connectivity index (χ0n) is 16.0. The topological polar surface area (TPSA) is 87.7 Å². The minimum Gasteiger partial charge on any atom is -0.504 e. The van der Waals surface area contributed by atoms with Gasteiger partial charge >= 0.3 is 0 Å². The minimum atomic E-state index is -0.220.